The number of rotatable bonds is 3. The fourth-order valence-corrected chi connectivity index (χ4v) is 1.24. The predicted molar refractivity (Wildman–Crippen MR) is 49.9 cm³/mol. The molecule has 0 spiro atoms. The van der Waals surface area contributed by atoms with Crippen LogP contribution in [0, 0.1) is 0 Å². The summed E-state index contributed by atoms with van der Waals surface area (Å²) in [5.74, 6) is -0.316. The number of carbonyl (C=O) groups is 1. The molecule has 0 aliphatic carbocycles. The van der Waals surface area contributed by atoms with Crippen molar-refractivity contribution in [2.75, 3.05) is 0 Å². The summed E-state index contributed by atoms with van der Waals surface area (Å²) in [7, 11) is 0. The summed E-state index contributed by atoms with van der Waals surface area (Å²) in [6.45, 7) is 0. The van der Waals surface area contributed by atoms with Gasteiger partial charge in [-0.2, -0.15) is 5.10 Å². The van der Waals surface area contributed by atoms with E-state index in [1.807, 2.05) is 0 Å². The minimum absolute atomic E-state index is 0.316. The van der Waals surface area contributed by atoms with Gasteiger partial charge >= 0.3 is 0 Å². The van der Waals surface area contributed by atoms with Crippen molar-refractivity contribution >= 4 is 24.0 Å². The molecular formula is C8H8N4O. The molecule has 13 heavy (non-hydrogen) atoms. The number of amides is 1. The van der Waals surface area contributed by atoms with Crippen LogP contribution in [0.3, 0.4) is 0 Å². The number of carbonyl (C=O) groups excluding carboxylic acids is 1. The zero-order chi connectivity index (χ0) is 9.26. The molecule has 5 heteroatoms. The topological polar surface area (TPSA) is 80.2 Å². The number of hydrogen-bond acceptors (Lipinski definition) is 4. The molecule has 2 N–H and O–H groups in total. The van der Waals surface area contributed by atoms with E-state index in [9.17, 15) is 4.79 Å². The lowest BCUT2D eigenvalue weighted by molar-refractivity contribution is -0.117. The monoisotopic (exact) mass is 176 g/mol. The molecule has 0 aromatic heterocycles. The van der Waals surface area contributed by atoms with Crippen LogP contribution in [0.2, 0.25) is 0 Å². The molecule has 0 fully saturated rings. The van der Waals surface area contributed by atoms with Crippen molar-refractivity contribution < 1.29 is 4.79 Å². The molecule has 66 valence electrons. The van der Waals surface area contributed by atoms with E-state index in [4.69, 9.17) is 5.73 Å². The van der Waals surface area contributed by atoms with Gasteiger partial charge in [-0.05, 0) is 6.42 Å². The summed E-state index contributed by atoms with van der Waals surface area (Å²) in [4.78, 5) is 14.6. The predicted octanol–water partition coefficient (Wildman–Crippen LogP) is 0.0308. The molecule has 0 saturated heterocycles. The molecule has 5 nitrogen and oxygen atoms in total. The Kier molecular flexibility index (Phi) is 1.77. The molecule has 0 aromatic rings. The van der Waals surface area contributed by atoms with Gasteiger partial charge in [0.25, 0.3) is 0 Å². The van der Waals surface area contributed by atoms with Crippen molar-refractivity contribution in [2.24, 2.45) is 20.9 Å². The van der Waals surface area contributed by atoms with E-state index in [0.717, 1.165) is 17.0 Å². The van der Waals surface area contributed by atoms with Crippen LogP contribution in [0.5, 0.6) is 0 Å². The molecule has 2 aliphatic rings. The number of nitrogens with two attached hydrogens (primary N) is 1. The number of aliphatic imine (C=N–C) groups is 1. The van der Waals surface area contributed by atoms with Crippen LogP contribution < -0.4 is 5.73 Å². The van der Waals surface area contributed by atoms with Gasteiger partial charge in [0.05, 0.1) is 18.1 Å². The first kappa shape index (κ1) is 7.85. The summed E-state index contributed by atoms with van der Waals surface area (Å²) >= 11 is 0. The van der Waals surface area contributed by atoms with E-state index in [1.165, 1.54) is 0 Å². The average molecular weight is 176 g/mol. The van der Waals surface area contributed by atoms with Crippen molar-refractivity contribution in [1.29, 1.82) is 0 Å². The van der Waals surface area contributed by atoms with Crippen LogP contribution in [-0.2, 0) is 4.79 Å². The molecule has 0 unspecified atom stereocenters. The summed E-state index contributed by atoms with van der Waals surface area (Å²) in [5, 5.41) is 7.58. The van der Waals surface area contributed by atoms with Crippen molar-refractivity contribution in [3.8, 4) is 0 Å². The average Bonchev–Trinajstić information content (AvgIpc) is 2.60. The van der Waals surface area contributed by atoms with Crippen molar-refractivity contribution in [3.05, 3.63) is 11.3 Å². The molecule has 0 radical (unpaired) electrons. The van der Waals surface area contributed by atoms with Gasteiger partial charge < -0.3 is 5.73 Å². The van der Waals surface area contributed by atoms with Crippen molar-refractivity contribution in [3.63, 3.8) is 0 Å². The summed E-state index contributed by atoms with van der Waals surface area (Å²) < 4.78 is 0. The second-order valence-electron chi connectivity index (χ2n) is 2.81. The highest BCUT2D eigenvalue weighted by atomic mass is 16.1. The Morgan fingerprint density at radius 1 is 1.46 bits per heavy atom. The van der Waals surface area contributed by atoms with Crippen LogP contribution in [0.25, 0.3) is 0 Å². The normalized spacial score (nSPS) is 18.0. The maximum absolute atomic E-state index is 10.5. The molecular weight excluding hydrogens is 168 g/mol. The van der Waals surface area contributed by atoms with Gasteiger partial charge in [0, 0.05) is 12.0 Å². The third kappa shape index (κ3) is 1.40. The Morgan fingerprint density at radius 3 is 3.08 bits per heavy atom. The van der Waals surface area contributed by atoms with E-state index in [0.29, 0.717) is 12.8 Å². The maximum atomic E-state index is 10.5. The zero-order valence-electron chi connectivity index (χ0n) is 6.90. The molecule has 0 atom stereocenters. The zero-order valence-corrected chi connectivity index (χ0v) is 6.90. The standard InChI is InChI=1S/C8H8N4O/c9-8(13)2-1-6-5-3-11-12-7(5)4-10-6/h3-4H,1-2H2,(H2,9,13). The fourth-order valence-electron chi connectivity index (χ4n) is 1.24. The van der Waals surface area contributed by atoms with Gasteiger partial charge in [-0.15, -0.1) is 5.10 Å². The molecule has 1 amide bonds. The quantitative estimate of drug-likeness (QED) is 0.646. The Morgan fingerprint density at radius 2 is 2.31 bits per heavy atom. The number of fused-ring (bicyclic) bond motifs is 1. The van der Waals surface area contributed by atoms with E-state index >= 15 is 0 Å². The summed E-state index contributed by atoms with van der Waals surface area (Å²) in [5.41, 5.74) is 7.57. The third-order valence-electron chi connectivity index (χ3n) is 1.89. The van der Waals surface area contributed by atoms with Crippen molar-refractivity contribution in [2.45, 2.75) is 12.8 Å². The van der Waals surface area contributed by atoms with Crippen LogP contribution in [-0.4, -0.2) is 24.0 Å². The fraction of sp³-hybridized carbons (Fsp3) is 0.250. The van der Waals surface area contributed by atoms with Gasteiger partial charge in [-0.1, -0.05) is 0 Å². The Labute approximate surface area is 74.8 Å². The number of allylic oxidation sites excluding steroid dienone is 2. The van der Waals surface area contributed by atoms with Gasteiger partial charge in [0.15, 0.2) is 0 Å². The second-order valence-corrected chi connectivity index (χ2v) is 2.81. The Balaban J connectivity index is 2.12. The minimum Gasteiger partial charge on any atom is -0.370 e. The van der Waals surface area contributed by atoms with E-state index in [1.54, 1.807) is 12.4 Å². The van der Waals surface area contributed by atoms with Crippen molar-refractivity contribution in [1.82, 2.24) is 0 Å². The van der Waals surface area contributed by atoms with Gasteiger partial charge in [0.1, 0.15) is 5.71 Å². The lowest BCUT2D eigenvalue weighted by Gasteiger charge is -1.96. The number of hydrogen-bond donors (Lipinski definition) is 1. The van der Waals surface area contributed by atoms with Gasteiger partial charge in [-0.3, -0.25) is 9.79 Å². The Bertz CT molecular complexity index is 376. The number of nitrogens with zero attached hydrogens (tertiary/aromatic N) is 3. The van der Waals surface area contributed by atoms with Gasteiger partial charge in [0.2, 0.25) is 5.91 Å². The van der Waals surface area contributed by atoms with Crippen LogP contribution in [0.1, 0.15) is 12.8 Å². The summed E-state index contributed by atoms with van der Waals surface area (Å²) in [6, 6.07) is 0. The number of primary amides is 1. The van der Waals surface area contributed by atoms with Crippen LogP contribution in [0.15, 0.2) is 26.5 Å². The lowest BCUT2D eigenvalue weighted by Crippen LogP contribution is -2.10. The van der Waals surface area contributed by atoms with Crippen LogP contribution >= 0.6 is 0 Å². The largest absolute Gasteiger partial charge is 0.370 e. The molecule has 2 rings (SSSR count). The first-order valence-electron chi connectivity index (χ1n) is 3.94. The molecule has 0 bridgehead atoms. The first-order valence-corrected chi connectivity index (χ1v) is 3.94. The molecule has 0 aromatic carbocycles. The molecule has 0 saturated carbocycles. The highest BCUT2D eigenvalue weighted by Crippen LogP contribution is 2.20. The third-order valence-corrected chi connectivity index (χ3v) is 1.89. The Hall–Kier alpha value is -1.78. The van der Waals surface area contributed by atoms with E-state index in [-0.39, 0.29) is 5.91 Å². The SMILES string of the molecule is NC(=O)CCC1=C2C=NN=C2C=N1. The van der Waals surface area contributed by atoms with E-state index in [2.05, 4.69) is 15.2 Å². The molecule has 2 heterocycles. The smallest absolute Gasteiger partial charge is 0.217 e. The van der Waals surface area contributed by atoms with Crippen LogP contribution in [0.4, 0.5) is 0 Å². The summed E-state index contributed by atoms with van der Waals surface area (Å²) in [6.07, 6.45) is 4.18. The van der Waals surface area contributed by atoms with E-state index < -0.39 is 0 Å². The highest BCUT2D eigenvalue weighted by molar-refractivity contribution is 6.47. The lowest BCUT2D eigenvalue weighted by atomic mass is 10.1. The highest BCUT2D eigenvalue weighted by Gasteiger charge is 2.19. The first-order chi connectivity index (χ1) is 6.27. The minimum atomic E-state index is -0.316. The molecule has 2 aliphatic heterocycles. The maximum Gasteiger partial charge on any atom is 0.217 e. The second kappa shape index (κ2) is 2.93. The van der Waals surface area contributed by atoms with Gasteiger partial charge in [-0.25, -0.2) is 0 Å².